The van der Waals surface area contributed by atoms with Crippen LogP contribution in [-0.2, 0) is 30.0 Å². The largest absolute Gasteiger partial charge is 0.471 e. The van der Waals surface area contributed by atoms with Gasteiger partial charge in [-0.2, -0.15) is 0 Å². The van der Waals surface area contributed by atoms with Crippen molar-refractivity contribution in [3.05, 3.63) is 36.7 Å². The second kappa shape index (κ2) is 11.0. The van der Waals surface area contributed by atoms with E-state index in [4.69, 9.17) is 4.79 Å². The number of methoxy groups -OCH3 is 1. The molecule has 1 aromatic heterocycles. The van der Waals surface area contributed by atoms with Gasteiger partial charge in [0.1, 0.15) is 0 Å². The van der Waals surface area contributed by atoms with E-state index in [1.54, 1.807) is 18.5 Å². The Morgan fingerprint density at radius 1 is 1.62 bits per heavy atom. The van der Waals surface area contributed by atoms with Crippen molar-refractivity contribution in [1.82, 2.24) is 4.98 Å². The van der Waals surface area contributed by atoms with Crippen molar-refractivity contribution < 1.29 is 30.0 Å². The average molecular weight is 272 g/mol. The maximum Gasteiger partial charge on any atom is 0.292 e. The van der Waals surface area contributed by atoms with Crippen LogP contribution in [0.3, 0.4) is 0 Å². The molecular weight excluding hydrogens is 261 g/mol. The van der Waals surface area contributed by atoms with Gasteiger partial charge >= 0.3 is 0 Å². The average Bonchev–Trinajstić information content (AvgIpc) is 2.19. The van der Waals surface area contributed by atoms with Crippen molar-refractivity contribution in [2.75, 3.05) is 7.11 Å². The van der Waals surface area contributed by atoms with Crippen molar-refractivity contribution >= 4 is 12.5 Å². The molecule has 0 atom stereocenters. The van der Waals surface area contributed by atoms with Gasteiger partial charge in [0, 0.05) is 32.8 Å². The summed E-state index contributed by atoms with van der Waals surface area (Å²) in [5.74, 6) is 0. The van der Waals surface area contributed by atoms with E-state index in [0.717, 1.165) is 5.56 Å². The predicted octanol–water partition coefficient (Wildman–Crippen LogP) is 1.51. The van der Waals surface area contributed by atoms with E-state index in [-0.39, 0.29) is 20.4 Å². The fourth-order valence-electron chi connectivity index (χ4n) is 0.497. The number of hydrogen-bond acceptors (Lipinski definition) is 3. The minimum atomic E-state index is 0. The molecule has 0 spiro atoms. The Morgan fingerprint density at radius 2 is 2.23 bits per heavy atom. The summed E-state index contributed by atoms with van der Waals surface area (Å²) in [5.41, 5.74) is 1.06. The SMILES string of the molecule is C=Cc1cccnc1.COC=O.[Pd]. The molecule has 1 aromatic rings. The van der Waals surface area contributed by atoms with Gasteiger partial charge in [-0.1, -0.05) is 18.7 Å². The maximum atomic E-state index is 8.95. The van der Waals surface area contributed by atoms with E-state index in [2.05, 4.69) is 16.3 Å². The number of nitrogens with zero attached hydrogens (tertiary/aromatic N) is 1. The first kappa shape index (κ1) is 14.5. The summed E-state index contributed by atoms with van der Waals surface area (Å²) in [6.45, 7) is 3.97. The molecule has 0 unspecified atom stereocenters. The normalized spacial score (nSPS) is 6.85. The molecule has 0 saturated carbocycles. The van der Waals surface area contributed by atoms with Crippen molar-refractivity contribution in [3.8, 4) is 0 Å². The molecule has 0 saturated heterocycles. The first-order valence-corrected chi connectivity index (χ1v) is 3.34. The van der Waals surface area contributed by atoms with Crippen LogP contribution in [0.15, 0.2) is 31.1 Å². The maximum absolute atomic E-state index is 8.95. The molecule has 0 aromatic carbocycles. The fraction of sp³-hybridized carbons (Fsp3) is 0.111. The molecule has 4 heteroatoms. The van der Waals surface area contributed by atoms with Gasteiger partial charge in [-0.25, -0.2) is 0 Å². The summed E-state index contributed by atoms with van der Waals surface area (Å²) >= 11 is 0. The Labute approximate surface area is 91.5 Å². The third-order valence-corrected chi connectivity index (χ3v) is 1.02. The first-order chi connectivity index (χ1) is 5.85. The number of pyridine rings is 1. The molecular formula is C9H11NO2Pd. The van der Waals surface area contributed by atoms with E-state index in [1.165, 1.54) is 7.11 Å². The Balaban J connectivity index is 0. The molecule has 74 valence electrons. The Bertz CT molecular complexity index is 226. The number of hydrogen-bond donors (Lipinski definition) is 0. The van der Waals surface area contributed by atoms with Gasteiger partial charge in [-0.05, 0) is 11.6 Å². The van der Waals surface area contributed by atoms with E-state index < -0.39 is 0 Å². The minimum absolute atomic E-state index is 0. The number of aromatic nitrogens is 1. The third-order valence-electron chi connectivity index (χ3n) is 1.02. The number of carbonyl (C=O) groups is 1. The van der Waals surface area contributed by atoms with Gasteiger partial charge < -0.3 is 4.74 Å². The van der Waals surface area contributed by atoms with Crippen molar-refractivity contribution in [1.29, 1.82) is 0 Å². The molecule has 0 amide bonds. The molecule has 1 rings (SSSR count). The zero-order valence-electron chi connectivity index (χ0n) is 7.25. The van der Waals surface area contributed by atoms with Gasteiger partial charge in [-0.15, -0.1) is 0 Å². The van der Waals surface area contributed by atoms with Crippen LogP contribution in [0.2, 0.25) is 0 Å². The zero-order valence-corrected chi connectivity index (χ0v) is 8.81. The molecule has 0 N–H and O–H groups in total. The molecule has 3 nitrogen and oxygen atoms in total. The van der Waals surface area contributed by atoms with Crippen molar-refractivity contribution in [2.24, 2.45) is 0 Å². The Morgan fingerprint density at radius 3 is 2.46 bits per heavy atom. The van der Waals surface area contributed by atoms with Gasteiger partial charge in [0.05, 0.1) is 7.11 Å². The molecule has 0 aliphatic heterocycles. The molecule has 0 fully saturated rings. The molecule has 0 radical (unpaired) electrons. The summed E-state index contributed by atoms with van der Waals surface area (Å²) in [6, 6.07) is 3.84. The van der Waals surface area contributed by atoms with E-state index in [9.17, 15) is 0 Å². The van der Waals surface area contributed by atoms with Crippen LogP contribution in [-0.4, -0.2) is 18.6 Å². The molecule has 1 heterocycles. The second-order valence-corrected chi connectivity index (χ2v) is 1.82. The molecule has 13 heavy (non-hydrogen) atoms. The van der Waals surface area contributed by atoms with Crippen molar-refractivity contribution in [2.45, 2.75) is 0 Å². The van der Waals surface area contributed by atoms with E-state index >= 15 is 0 Å². The summed E-state index contributed by atoms with van der Waals surface area (Å²) in [6.07, 6.45) is 5.28. The van der Waals surface area contributed by atoms with Crippen LogP contribution < -0.4 is 0 Å². The minimum Gasteiger partial charge on any atom is -0.471 e. The van der Waals surface area contributed by atoms with Crippen LogP contribution in [0.4, 0.5) is 0 Å². The molecule has 0 aliphatic rings. The molecule has 0 bridgehead atoms. The molecule has 0 aliphatic carbocycles. The Hall–Kier alpha value is -0.978. The Kier molecular flexibility index (Phi) is 12.3. The standard InChI is InChI=1S/C7H7N.C2H4O2.Pd/c1-2-7-4-3-5-8-6-7;1-4-2-3;/h2-6H,1H2;2H,1H3;. The topological polar surface area (TPSA) is 39.2 Å². The van der Waals surface area contributed by atoms with Crippen LogP contribution in [0.1, 0.15) is 5.56 Å². The first-order valence-electron chi connectivity index (χ1n) is 3.34. The summed E-state index contributed by atoms with van der Waals surface area (Å²) < 4.78 is 3.86. The van der Waals surface area contributed by atoms with Crippen molar-refractivity contribution in [3.63, 3.8) is 0 Å². The van der Waals surface area contributed by atoms with Gasteiger partial charge in [0.2, 0.25) is 0 Å². The van der Waals surface area contributed by atoms with Crippen LogP contribution in [0.25, 0.3) is 6.08 Å². The van der Waals surface area contributed by atoms with Gasteiger partial charge in [0.25, 0.3) is 6.47 Å². The van der Waals surface area contributed by atoms with Crippen LogP contribution in [0, 0.1) is 0 Å². The number of rotatable bonds is 2. The van der Waals surface area contributed by atoms with Crippen LogP contribution in [0.5, 0.6) is 0 Å². The quantitative estimate of drug-likeness (QED) is 0.605. The number of carbonyl (C=O) groups excluding carboxylic acids is 1. The van der Waals surface area contributed by atoms with E-state index in [1.807, 2.05) is 12.1 Å². The predicted molar refractivity (Wildman–Crippen MR) is 47.4 cm³/mol. The van der Waals surface area contributed by atoms with Gasteiger partial charge in [-0.3, -0.25) is 9.78 Å². The summed E-state index contributed by atoms with van der Waals surface area (Å²) in [5, 5.41) is 0. The van der Waals surface area contributed by atoms with Gasteiger partial charge in [0.15, 0.2) is 0 Å². The monoisotopic (exact) mass is 271 g/mol. The summed E-state index contributed by atoms with van der Waals surface area (Å²) in [4.78, 5) is 12.8. The van der Waals surface area contributed by atoms with E-state index in [0.29, 0.717) is 6.47 Å². The fourth-order valence-corrected chi connectivity index (χ4v) is 0.497. The number of ether oxygens (including phenoxy) is 1. The smallest absolute Gasteiger partial charge is 0.292 e. The summed E-state index contributed by atoms with van der Waals surface area (Å²) in [7, 11) is 1.31. The second-order valence-electron chi connectivity index (χ2n) is 1.82. The zero-order chi connectivity index (χ0) is 9.23. The van der Waals surface area contributed by atoms with Crippen LogP contribution >= 0.6 is 0 Å². The third kappa shape index (κ3) is 8.93.